The molecule has 0 aliphatic carbocycles. The number of carbonyl (C=O) groups is 2. The van der Waals surface area contributed by atoms with Gasteiger partial charge in [0.15, 0.2) is 5.78 Å². The Kier molecular flexibility index (Phi) is 4.21. The Morgan fingerprint density at radius 3 is 2.38 bits per heavy atom. The van der Waals surface area contributed by atoms with Crippen molar-refractivity contribution in [1.82, 2.24) is 0 Å². The fourth-order valence-corrected chi connectivity index (χ4v) is 2.54. The topological polar surface area (TPSA) is 104 Å². The predicted octanol–water partition coefficient (Wildman–Crippen LogP) is 0.764. The van der Waals surface area contributed by atoms with Crippen LogP contribution in [-0.2, 0) is 4.79 Å². The summed E-state index contributed by atoms with van der Waals surface area (Å²) in [6.45, 7) is 2.33. The van der Waals surface area contributed by atoms with Crippen LogP contribution in [0.2, 0.25) is 0 Å². The lowest BCUT2D eigenvalue weighted by atomic mass is 9.96. The first kappa shape index (κ1) is 15.0. The fraction of sp³-hybridized carbons (Fsp3) is 0.429. The van der Waals surface area contributed by atoms with E-state index in [1.165, 1.54) is 19.1 Å². The Hall–Kier alpha value is -2.44. The zero-order chi connectivity index (χ0) is 15.6. The largest absolute Gasteiger partial charge is 0.550 e. The van der Waals surface area contributed by atoms with Crippen LogP contribution in [-0.4, -0.2) is 29.8 Å². The van der Waals surface area contributed by atoms with E-state index < -0.39 is 16.8 Å². The van der Waals surface area contributed by atoms with Gasteiger partial charge in [0.05, 0.1) is 10.5 Å². The highest BCUT2D eigenvalue weighted by Gasteiger charge is 2.23. The molecule has 1 aromatic carbocycles. The van der Waals surface area contributed by atoms with Crippen LogP contribution in [0.3, 0.4) is 0 Å². The zero-order valence-corrected chi connectivity index (χ0v) is 11.6. The molecule has 0 unspecified atom stereocenters. The summed E-state index contributed by atoms with van der Waals surface area (Å²) >= 11 is 0. The molecule has 21 heavy (non-hydrogen) atoms. The van der Waals surface area contributed by atoms with E-state index in [0.29, 0.717) is 31.6 Å². The SMILES string of the molecule is CC(=O)c1cc(N2CCC(C(=O)[O-])CC2)ccc1[N+](=O)[O-]. The standard InChI is InChI=1S/C14H16N2O5/c1-9(17)12-8-11(2-3-13(12)16(20)21)15-6-4-10(5-7-15)14(18)19/h2-3,8,10H,4-7H2,1H3,(H,18,19)/p-1. The highest BCUT2D eigenvalue weighted by Crippen LogP contribution is 2.28. The predicted molar refractivity (Wildman–Crippen MR) is 73.0 cm³/mol. The molecule has 7 heteroatoms. The number of carbonyl (C=O) groups excluding carboxylic acids is 2. The number of nitrogens with zero attached hydrogens (tertiary/aromatic N) is 2. The van der Waals surface area contributed by atoms with Gasteiger partial charge in [0.1, 0.15) is 0 Å². The first-order valence-corrected chi connectivity index (χ1v) is 6.65. The number of benzene rings is 1. The molecule has 1 fully saturated rings. The van der Waals surface area contributed by atoms with Crippen LogP contribution in [0, 0.1) is 16.0 Å². The van der Waals surface area contributed by atoms with Gasteiger partial charge in [-0.3, -0.25) is 14.9 Å². The maximum absolute atomic E-state index is 11.5. The van der Waals surface area contributed by atoms with Gasteiger partial charge in [-0.2, -0.15) is 0 Å². The molecule has 7 nitrogen and oxygen atoms in total. The summed E-state index contributed by atoms with van der Waals surface area (Å²) in [6, 6.07) is 4.40. The number of nitro benzene ring substituents is 1. The van der Waals surface area contributed by atoms with Gasteiger partial charge in [-0.15, -0.1) is 0 Å². The van der Waals surface area contributed by atoms with Crippen molar-refractivity contribution in [3.63, 3.8) is 0 Å². The molecule has 0 saturated carbocycles. The van der Waals surface area contributed by atoms with Crippen LogP contribution in [0.5, 0.6) is 0 Å². The maximum Gasteiger partial charge on any atom is 0.280 e. The van der Waals surface area contributed by atoms with Crippen LogP contribution < -0.4 is 10.0 Å². The van der Waals surface area contributed by atoms with E-state index in [1.807, 2.05) is 4.90 Å². The van der Waals surface area contributed by atoms with Crippen molar-refractivity contribution in [1.29, 1.82) is 0 Å². The molecule has 1 aromatic rings. The molecule has 1 aliphatic rings. The number of hydrogen-bond acceptors (Lipinski definition) is 6. The van der Waals surface area contributed by atoms with Crippen molar-refractivity contribution in [2.24, 2.45) is 5.92 Å². The number of nitro groups is 1. The second-order valence-electron chi connectivity index (χ2n) is 5.10. The van der Waals surface area contributed by atoms with Gasteiger partial charge >= 0.3 is 0 Å². The third-order valence-electron chi connectivity index (χ3n) is 3.75. The van der Waals surface area contributed by atoms with Crippen LogP contribution in [0.25, 0.3) is 0 Å². The normalized spacial score (nSPS) is 15.8. The number of hydrogen-bond donors (Lipinski definition) is 0. The van der Waals surface area contributed by atoms with E-state index in [-0.39, 0.29) is 17.0 Å². The van der Waals surface area contributed by atoms with Crippen LogP contribution in [0.15, 0.2) is 18.2 Å². The quantitative estimate of drug-likeness (QED) is 0.461. The Balaban J connectivity index is 2.22. The molecular formula is C14H15N2O5-. The first-order chi connectivity index (χ1) is 9.90. The van der Waals surface area contributed by atoms with Crippen LogP contribution in [0.4, 0.5) is 11.4 Å². The number of aliphatic carboxylic acids is 1. The lowest BCUT2D eigenvalue weighted by Crippen LogP contribution is -2.41. The van der Waals surface area contributed by atoms with E-state index in [1.54, 1.807) is 6.07 Å². The van der Waals surface area contributed by atoms with E-state index in [0.717, 1.165) is 0 Å². The fourth-order valence-electron chi connectivity index (χ4n) is 2.54. The van der Waals surface area contributed by atoms with E-state index in [9.17, 15) is 24.8 Å². The average Bonchev–Trinajstić information content (AvgIpc) is 2.46. The Morgan fingerprint density at radius 2 is 1.90 bits per heavy atom. The second kappa shape index (κ2) is 5.90. The van der Waals surface area contributed by atoms with Gasteiger partial charge in [-0.05, 0) is 31.9 Å². The summed E-state index contributed by atoms with van der Waals surface area (Å²) in [6.07, 6.45) is 0.934. The smallest absolute Gasteiger partial charge is 0.280 e. The third kappa shape index (κ3) is 3.18. The molecule has 0 amide bonds. The van der Waals surface area contributed by atoms with Crippen LogP contribution >= 0.6 is 0 Å². The minimum Gasteiger partial charge on any atom is -0.550 e. The van der Waals surface area contributed by atoms with Gasteiger partial charge in [0.25, 0.3) is 5.69 Å². The first-order valence-electron chi connectivity index (χ1n) is 6.65. The molecular weight excluding hydrogens is 276 g/mol. The summed E-state index contributed by atoms with van der Waals surface area (Å²) in [5.41, 5.74) is 0.554. The lowest BCUT2D eigenvalue weighted by Gasteiger charge is -2.34. The summed E-state index contributed by atoms with van der Waals surface area (Å²) in [7, 11) is 0. The average molecular weight is 291 g/mol. The van der Waals surface area contributed by atoms with Gasteiger partial charge in [0, 0.05) is 36.7 Å². The molecule has 1 saturated heterocycles. The number of Topliss-reactive ketones (excluding diaryl/α,β-unsaturated/α-hetero) is 1. The van der Waals surface area contributed by atoms with Crippen molar-refractivity contribution >= 4 is 23.1 Å². The van der Waals surface area contributed by atoms with Gasteiger partial charge in [-0.25, -0.2) is 0 Å². The Morgan fingerprint density at radius 1 is 1.29 bits per heavy atom. The van der Waals surface area contributed by atoms with E-state index >= 15 is 0 Å². The summed E-state index contributed by atoms with van der Waals surface area (Å²) < 4.78 is 0. The Bertz CT molecular complexity index is 591. The van der Waals surface area contributed by atoms with Crippen molar-refractivity contribution in [2.45, 2.75) is 19.8 Å². The lowest BCUT2D eigenvalue weighted by molar-refractivity contribution is -0.385. The number of rotatable bonds is 4. The number of ketones is 1. The molecule has 0 N–H and O–H groups in total. The third-order valence-corrected chi connectivity index (χ3v) is 3.75. The maximum atomic E-state index is 11.5. The van der Waals surface area contributed by atoms with Crippen molar-refractivity contribution in [3.05, 3.63) is 33.9 Å². The molecule has 0 bridgehead atoms. The highest BCUT2D eigenvalue weighted by atomic mass is 16.6. The number of piperidine rings is 1. The molecule has 2 rings (SSSR count). The van der Waals surface area contributed by atoms with Crippen molar-refractivity contribution < 1.29 is 19.6 Å². The second-order valence-corrected chi connectivity index (χ2v) is 5.10. The monoisotopic (exact) mass is 291 g/mol. The number of anilines is 1. The zero-order valence-electron chi connectivity index (χ0n) is 11.6. The van der Waals surface area contributed by atoms with Crippen molar-refractivity contribution in [3.8, 4) is 0 Å². The molecule has 1 aliphatic heterocycles. The van der Waals surface area contributed by atoms with E-state index in [4.69, 9.17) is 0 Å². The molecule has 0 aromatic heterocycles. The van der Waals surface area contributed by atoms with E-state index in [2.05, 4.69) is 0 Å². The minimum absolute atomic E-state index is 0.0690. The summed E-state index contributed by atoms with van der Waals surface area (Å²) in [5, 5.41) is 21.7. The highest BCUT2D eigenvalue weighted by molar-refractivity contribution is 5.99. The van der Waals surface area contributed by atoms with Gasteiger partial charge in [0.2, 0.25) is 0 Å². The molecule has 0 radical (unpaired) electrons. The molecule has 112 valence electrons. The van der Waals surface area contributed by atoms with Gasteiger partial charge in [-0.1, -0.05) is 0 Å². The molecule has 0 spiro atoms. The van der Waals surface area contributed by atoms with Crippen LogP contribution in [0.1, 0.15) is 30.1 Å². The minimum atomic E-state index is -1.04. The molecule has 0 atom stereocenters. The summed E-state index contributed by atoms with van der Waals surface area (Å²) in [4.78, 5) is 34.6. The Labute approximate surface area is 121 Å². The molecule has 1 heterocycles. The summed E-state index contributed by atoms with van der Waals surface area (Å²) in [5.74, 6) is -1.86. The van der Waals surface area contributed by atoms with Gasteiger partial charge < -0.3 is 14.8 Å². The van der Waals surface area contributed by atoms with Crippen molar-refractivity contribution in [2.75, 3.05) is 18.0 Å². The number of carboxylic acids is 1. The number of carboxylic acid groups (broad SMARTS) is 1.